The Kier molecular flexibility index (Phi) is 4.97. The number of nitrogens with one attached hydrogen (secondary N) is 2. The van der Waals surface area contributed by atoms with Gasteiger partial charge in [-0.15, -0.1) is 11.3 Å². The first-order chi connectivity index (χ1) is 8.25. The number of rotatable bonds is 4. The molecule has 1 aliphatic rings. The Morgan fingerprint density at radius 3 is 2.94 bits per heavy atom. The van der Waals surface area contributed by atoms with Crippen LogP contribution in [0.1, 0.15) is 4.88 Å². The van der Waals surface area contributed by atoms with E-state index in [1.807, 2.05) is 11.4 Å². The van der Waals surface area contributed by atoms with Crippen molar-refractivity contribution in [2.24, 2.45) is 0 Å². The molecule has 1 fully saturated rings. The van der Waals surface area contributed by atoms with Gasteiger partial charge in [0.2, 0.25) is 5.91 Å². The lowest BCUT2D eigenvalue weighted by Crippen LogP contribution is -2.47. The summed E-state index contributed by atoms with van der Waals surface area (Å²) in [6.45, 7) is 4.98. The molecule has 0 saturated carbocycles. The Morgan fingerprint density at radius 1 is 1.53 bits per heavy atom. The van der Waals surface area contributed by atoms with Gasteiger partial charge in [-0.3, -0.25) is 9.69 Å². The van der Waals surface area contributed by atoms with E-state index in [4.69, 9.17) is 0 Å². The van der Waals surface area contributed by atoms with Crippen molar-refractivity contribution < 1.29 is 4.79 Å². The van der Waals surface area contributed by atoms with Crippen molar-refractivity contribution in [2.75, 3.05) is 32.7 Å². The Labute approximate surface area is 114 Å². The normalized spacial score (nSPS) is 17.0. The van der Waals surface area contributed by atoms with Crippen molar-refractivity contribution in [3.63, 3.8) is 0 Å². The van der Waals surface area contributed by atoms with E-state index < -0.39 is 0 Å². The minimum atomic E-state index is 0.104. The Morgan fingerprint density at radius 2 is 2.29 bits per heavy atom. The molecule has 1 aromatic heterocycles. The first kappa shape index (κ1) is 13.0. The Balaban J connectivity index is 1.72. The maximum Gasteiger partial charge on any atom is 0.234 e. The van der Waals surface area contributed by atoms with Gasteiger partial charge in [0.25, 0.3) is 0 Å². The standard InChI is InChI=1S/C11H16BrN3OS/c12-9-1-6-17-10(9)7-14-11(16)8-15-4-2-13-3-5-15/h1,6,13H,2-5,7-8H2,(H,14,16). The summed E-state index contributed by atoms with van der Waals surface area (Å²) in [5, 5.41) is 8.24. The van der Waals surface area contributed by atoms with Crippen LogP contribution in [0.25, 0.3) is 0 Å². The molecule has 0 aliphatic carbocycles. The number of halogens is 1. The van der Waals surface area contributed by atoms with Crippen molar-refractivity contribution >= 4 is 33.2 Å². The smallest absolute Gasteiger partial charge is 0.234 e. The fourth-order valence-corrected chi connectivity index (χ4v) is 3.19. The summed E-state index contributed by atoms with van der Waals surface area (Å²) in [6, 6.07) is 2.00. The fraction of sp³-hybridized carbons (Fsp3) is 0.545. The topological polar surface area (TPSA) is 44.4 Å². The highest BCUT2D eigenvalue weighted by Gasteiger charge is 2.13. The molecule has 0 atom stereocenters. The number of piperazine rings is 1. The van der Waals surface area contributed by atoms with Crippen LogP contribution >= 0.6 is 27.3 Å². The van der Waals surface area contributed by atoms with Crippen LogP contribution in [0, 0.1) is 0 Å². The number of hydrogen-bond donors (Lipinski definition) is 2. The Hall–Kier alpha value is -0.430. The monoisotopic (exact) mass is 317 g/mol. The van der Waals surface area contributed by atoms with Gasteiger partial charge in [-0.1, -0.05) is 0 Å². The Bertz CT molecular complexity index is 377. The first-order valence-corrected chi connectivity index (χ1v) is 7.34. The van der Waals surface area contributed by atoms with Gasteiger partial charge in [0.15, 0.2) is 0 Å². The van der Waals surface area contributed by atoms with E-state index in [9.17, 15) is 4.79 Å². The maximum atomic E-state index is 11.7. The van der Waals surface area contributed by atoms with Crippen LogP contribution in [-0.4, -0.2) is 43.5 Å². The summed E-state index contributed by atoms with van der Waals surface area (Å²) < 4.78 is 1.07. The zero-order chi connectivity index (χ0) is 12.1. The van der Waals surface area contributed by atoms with Crippen molar-refractivity contribution in [1.29, 1.82) is 0 Å². The van der Waals surface area contributed by atoms with Crippen molar-refractivity contribution in [1.82, 2.24) is 15.5 Å². The molecular formula is C11H16BrN3OS. The van der Waals surface area contributed by atoms with Crippen LogP contribution in [0.5, 0.6) is 0 Å². The minimum Gasteiger partial charge on any atom is -0.350 e. The van der Waals surface area contributed by atoms with Crippen LogP contribution in [0.2, 0.25) is 0 Å². The summed E-state index contributed by atoms with van der Waals surface area (Å²) in [6.07, 6.45) is 0. The number of hydrogen-bond acceptors (Lipinski definition) is 4. The quantitative estimate of drug-likeness (QED) is 0.872. The predicted molar refractivity (Wildman–Crippen MR) is 73.2 cm³/mol. The number of thiophene rings is 1. The molecule has 2 N–H and O–H groups in total. The summed E-state index contributed by atoms with van der Waals surface area (Å²) in [7, 11) is 0. The van der Waals surface area contributed by atoms with Crippen LogP contribution in [-0.2, 0) is 11.3 Å². The largest absolute Gasteiger partial charge is 0.350 e. The molecule has 6 heteroatoms. The van der Waals surface area contributed by atoms with Gasteiger partial charge in [0.1, 0.15) is 0 Å². The van der Waals surface area contributed by atoms with Crippen molar-refractivity contribution in [3.8, 4) is 0 Å². The summed E-state index contributed by atoms with van der Waals surface area (Å²) in [5.74, 6) is 0.104. The molecule has 1 aromatic rings. The molecule has 1 aliphatic heterocycles. The van der Waals surface area contributed by atoms with E-state index in [0.29, 0.717) is 13.1 Å². The molecule has 2 rings (SSSR count). The number of nitrogens with zero attached hydrogens (tertiary/aromatic N) is 1. The molecule has 0 bridgehead atoms. The second kappa shape index (κ2) is 6.49. The molecule has 0 unspecified atom stereocenters. The third kappa shape index (κ3) is 4.06. The van der Waals surface area contributed by atoms with Gasteiger partial charge in [-0.2, -0.15) is 0 Å². The highest BCUT2D eigenvalue weighted by molar-refractivity contribution is 9.10. The van der Waals surface area contributed by atoms with E-state index >= 15 is 0 Å². The van der Waals surface area contributed by atoms with Crippen molar-refractivity contribution in [2.45, 2.75) is 6.54 Å². The lowest BCUT2D eigenvalue weighted by Gasteiger charge is -2.26. The average molecular weight is 318 g/mol. The maximum absolute atomic E-state index is 11.7. The van der Waals surface area contributed by atoms with Crippen LogP contribution in [0.4, 0.5) is 0 Å². The predicted octanol–water partition coefficient (Wildman–Crippen LogP) is 1.03. The van der Waals surface area contributed by atoms with Gasteiger partial charge < -0.3 is 10.6 Å². The van der Waals surface area contributed by atoms with Gasteiger partial charge in [0.05, 0.1) is 13.1 Å². The molecule has 0 spiro atoms. The number of amides is 1. The van der Waals surface area contributed by atoms with E-state index in [0.717, 1.165) is 30.7 Å². The number of carbonyl (C=O) groups excluding carboxylic acids is 1. The second-order valence-corrected chi connectivity index (χ2v) is 5.85. The van der Waals surface area contributed by atoms with Crippen molar-refractivity contribution in [3.05, 3.63) is 20.8 Å². The zero-order valence-corrected chi connectivity index (χ0v) is 11.9. The average Bonchev–Trinajstić information content (AvgIpc) is 2.74. The molecule has 1 saturated heterocycles. The van der Waals surface area contributed by atoms with Crippen LogP contribution in [0.15, 0.2) is 15.9 Å². The highest BCUT2D eigenvalue weighted by atomic mass is 79.9. The number of carbonyl (C=O) groups is 1. The third-order valence-corrected chi connectivity index (χ3v) is 4.64. The molecular weight excluding hydrogens is 302 g/mol. The second-order valence-electron chi connectivity index (χ2n) is 3.99. The fourth-order valence-electron chi connectivity index (χ4n) is 1.76. The van der Waals surface area contributed by atoms with E-state index in [-0.39, 0.29) is 5.91 Å². The molecule has 4 nitrogen and oxygen atoms in total. The third-order valence-electron chi connectivity index (χ3n) is 2.71. The van der Waals surface area contributed by atoms with Crippen LogP contribution in [0.3, 0.4) is 0 Å². The first-order valence-electron chi connectivity index (χ1n) is 5.67. The van der Waals surface area contributed by atoms with Gasteiger partial charge >= 0.3 is 0 Å². The minimum absolute atomic E-state index is 0.104. The summed E-state index contributed by atoms with van der Waals surface area (Å²) >= 11 is 5.11. The SMILES string of the molecule is O=C(CN1CCNCC1)NCc1sccc1Br. The lowest BCUT2D eigenvalue weighted by molar-refractivity contribution is -0.122. The molecule has 2 heterocycles. The van der Waals surface area contributed by atoms with E-state index in [2.05, 4.69) is 31.5 Å². The van der Waals surface area contributed by atoms with E-state index in [1.54, 1.807) is 11.3 Å². The van der Waals surface area contributed by atoms with Crippen LogP contribution < -0.4 is 10.6 Å². The molecule has 1 amide bonds. The zero-order valence-electron chi connectivity index (χ0n) is 9.54. The summed E-state index contributed by atoms with van der Waals surface area (Å²) in [4.78, 5) is 15.1. The van der Waals surface area contributed by atoms with Gasteiger partial charge in [0, 0.05) is 35.5 Å². The van der Waals surface area contributed by atoms with E-state index in [1.165, 1.54) is 4.88 Å². The highest BCUT2D eigenvalue weighted by Crippen LogP contribution is 2.21. The molecule has 0 radical (unpaired) electrons. The lowest BCUT2D eigenvalue weighted by atomic mass is 10.3. The van der Waals surface area contributed by atoms with Gasteiger partial charge in [-0.05, 0) is 27.4 Å². The molecule has 94 valence electrons. The van der Waals surface area contributed by atoms with Gasteiger partial charge in [-0.25, -0.2) is 0 Å². The molecule has 17 heavy (non-hydrogen) atoms. The summed E-state index contributed by atoms with van der Waals surface area (Å²) in [5.41, 5.74) is 0. The molecule has 0 aromatic carbocycles.